The third-order valence-electron chi connectivity index (χ3n) is 27.3. The zero-order valence-electron chi connectivity index (χ0n) is 69.6. The van der Waals surface area contributed by atoms with Gasteiger partial charge < -0.3 is 30.7 Å². The first-order valence-electron chi connectivity index (χ1n) is 40.7. The lowest BCUT2D eigenvalue weighted by atomic mass is 9.75. The third-order valence-corrected chi connectivity index (χ3v) is 27.3. The summed E-state index contributed by atoms with van der Waals surface area (Å²) in [4.78, 5) is 201. The van der Waals surface area contributed by atoms with Crippen molar-refractivity contribution in [1.82, 2.24) is 30.7 Å². The Morgan fingerprint density at radius 3 is 0.841 bits per heavy atom. The van der Waals surface area contributed by atoms with Crippen LogP contribution >= 0.6 is 0 Å². The molecule has 6 amide bonds. The minimum Gasteiger partial charge on any atom is -0.359 e. The van der Waals surface area contributed by atoms with E-state index < -0.39 is 110 Å². The fraction of sp³-hybridized carbons (Fsp3) is 0.826. The van der Waals surface area contributed by atoms with E-state index in [1.165, 1.54) is 6.92 Å². The first kappa shape index (κ1) is 88.1. The Balaban J connectivity index is 0.000000224. The van der Waals surface area contributed by atoms with Gasteiger partial charge in [0, 0.05) is 115 Å². The maximum atomic E-state index is 14.1. The van der Waals surface area contributed by atoms with Crippen molar-refractivity contribution >= 4 is 87.5 Å². The minimum atomic E-state index is -0.605. The fourth-order valence-electron chi connectivity index (χ4n) is 19.2. The Bertz CT molecular complexity index is 3410. The molecule has 21 heteroatoms. The fourth-order valence-corrected chi connectivity index (χ4v) is 19.2. The Hall–Kier alpha value is -6.15. The molecule has 3 unspecified atom stereocenters. The van der Waals surface area contributed by atoms with Gasteiger partial charge in [0.25, 0.3) is 0 Å². The lowest BCUT2D eigenvalue weighted by molar-refractivity contribution is -0.148. The van der Waals surface area contributed by atoms with Gasteiger partial charge in [-0.1, -0.05) is 175 Å². The van der Waals surface area contributed by atoms with E-state index in [-0.39, 0.29) is 156 Å². The molecule has 0 bridgehead atoms. The highest BCUT2D eigenvalue weighted by atomic mass is 16.2. The molecule has 3 saturated heterocycles. The molecular formula is C86H136N6O15. The minimum absolute atomic E-state index is 0.0122. The second-order valence-electron chi connectivity index (χ2n) is 40.1. The van der Waals surface area contributed by atoms with Gasteiger partial charge >= 0.3 is 0 Å². The summed E-state index contributed by atoms with van der Waals surface area (Å²) in [5.41, 5.74) is -1.90. The van der Waals surface area contributed by atoms with Crippen LogP contribution in [0.4, 0.5) is 0 Å². The molecule has 3 heterocycles. The number of fused-ring (bicyclic) bond motifs is 3. The molecule has 0 aromatic rings. The predicted octanol–water partition coefficient (Wildman–Crippen LogP) is 11.5. The average molecular weight is 1490 g/mol. The van der Waals surface area contributed by atoms with Crippen molar-refractivity contribution in [3.63, 3.8) is 0 Å². The van der Waals surface area contributed by atoms with Gasteiger partial charge in [0.2, 0.25) is 52.8 Å². The van der Waals surface area contributed by atoms with Crippen LogP contribution in [0.3, 0.4) is 0 Å². The summed E-state index contributed by atoms with van der Waals surface area (Å²) < 4.78 is 0. The van der Waals surface area contributed by atoms with Crippen LogP contribution < -0.4 is 16.0 Å². The standard InChI is InChI=1S/C31H50N2O5.C28H44N2O5.C27H42N2O5/c1-10-22(34)27(37)19(14-18-12-11-13-18)15-23(35)26-25-21(31(25,8)9)17-33(26)28(38)20(29(2,3)4)16-24(36)32-30(5,6)7;1-8-20(31)25(34)17(12-16-10-9-11-16)13-21(32)24-23-19(28(23,5)6)15-30(24)26(35)18(27(2,3)4)14-22(33)29-7;1-15(30)24(33)17(11-16-9-8-10-16)12-20(31)23-22-19(27(22,5)6)14-29(23)25(34)18(26(2,3)4)13-21(32)28-7/h18-21,25-26H,10-17H2,1-9H3,(H,32,36);16-19,23-24H,8-15H2,1-7H3,(H,29,33);16-19,22-23H,8-14H2,1-7H3,(H,28,32)/t19?,20-,21+,25+,26-;17?,18-,19+,23+,24-;17?,18-,19+,22+,23-/m111/s1. The molecule has 9 rings (SSSR count). The van der Waals surface area contributed by atoms with Gasteiger partial charge in [-0.05, 0) is 126 Å². The topological polar surface area (TPSA) is 302 Å². The number of rotatable bonds is 32. The number of nitrogens with one attached hydrogen (secondary N) is 3. The molecule has 0 radical (unpaired) electrons. The van der Waals surface area contributed by atoms with E-state index in [1.807, 2.05) is 83.1 Å². The van der Waals surface area contributed by atoms with Gasteiger partial charge in [-0.2, -0.15) is 0 Å². The van der Waals surface area contributed by atoms with Crippen LogP contribution in [0.15, 0.2) is 0 Å². The second-order valence-corrected chi connectivity index (χ2v) is 40.1. The van der Waals surface area contributed by atoms with E-state index in [9.17, 15) is 71.9 Å². The molecule has 6 aliphatic carbocycles. The zero-order chi connectivity index (χ0) is 80.7. The Kier molecular flexibility index (Phi) is 27.8. The number of Topliss-reactive ketones (excluding diaryl/α,β-unsaturated/α-hetero) is 9. The summed E-state index contributed by atoms with van der Waals surface area (Å²) in [6.07, 6.45) is 11.9. The van der Waals surface area contributed by atoms with Crippen molar-refractivity contribution in [3.8, 4) is 0 Å². The molecule has 6 saturated carbocycles. The quantitative estimate of drug-likeness (QED) is 0.0527. The maximum absolute atomic E-state index is 14.1. The highest BCUT2D eigenvalue weighted by molar-refractivity contribution is 6.39. The number of carbonyl (C=O) groups is 15. The number of hydrogen-bond acceptors (Lipinski definition) is 15. The zero-order valence-corrected chi connectivity index (χ0v) is 69.6. The second kappa shape index (κ2) is 33.8. The molecule has 0 aromatic carbocycles. The van der Waals surface area contributed by atoms with Crippen LogP contribution in [-0.4, -0.2) is 160 Å². The maximum Gasteiger partial charge on any atom is 0.227 e. The summed E-state index contributed by atoms with van der Waals surface area (Å²) in [5.74, 6) is -5.47. The molecule has 0 spiro atoms. The van der Waals surface area contributed by atoms with Crippen molar-refractivity contribution in [2.75, 3.05) is 33.7 Å². The van der Waals surface area contributed by atoms with Gasteiger partial charge in [0.15, 0.2) is 34.7 Å². The largest absolute Gasteiger partial charge is 0.359 e. The van der Waals surface area contributed by atoms with Crippen LogP contribution in [0.5, 0.6) is 0 Å². The normalized spacial score (nSPS) is 26.7. The van der Waals surface area contributed by atoms with Gasteiger partial charge in [-0.15, -0.1) is 0 Å². The first-order chi connectivity index (χ1) is 49.3. The van der Waals surface area contributed by atoms with Crippen molar-refractivity contribution in [2.24, 2.45) is 121 Å². The lowest BCUT2D eigenvalue weighted by Crippen LogP contribution is -2.52. The average Bonchev–Trinajstić information content (AvgIpc) is 1.54. The van der Waals surface area contributed by atoms with Gasteiger partial charge in [0.05, 0.1) is 35.9 Å². The molecule has 9 aliphatic rings. The molecule has 3 N–H and O–H groups in total. The van der Waals surface area contributed by atoms with Gasteiger partial charge in [-0.3, -0.25) is 71.9 Å². The molecular weight excluding hydrogens is 1360 g/mol. The Morgan fingerprint density at radius 2 is 0.636 bits per heavy atom. The Morgan fingerprint density at radius 1 is 0.383 bits per heavy atom. The SMILES string of the molecule is CCC(=O)C(=O)C(CC(=O)[C@@H]1[C@@H]2[C@H](CN1C(=O)[C@@H](CC(=O)NC(C)(C)C)C(C)(C)C)C2(C)C)CC1CCC1.CCC(=O)C(=O)C(CC(=O)[C@@H]1[C@@H]2[C@H](CN1C(=O)[C@@H](CC(=O)NC)C(C)(C)C)C2(C)C)CC1CCC1.CNC(=O)C[C@H](C(=O)N1C[C@H]2[C@@H]([C@H]1C(=O)CC(CC1CCC1)C(=O)C(C)=O)C2(C)C)C(C)(C)C. The van der Waals surface area contributed by atoms with E-state index in [0.29, 0.717) is 56.7 Å². The highest BCUT2D eigenvalue weighted by Crippen LogP contribution is 2.68. The number of piperidine rings is 3. The van der Waals surface area contributed by atoms with Crippen molar-refractivity contribution in [3.05, 3.63) is 0 Å². The summed E-state index contributed by atoms with van der Waals surface area (Å²) in [5, 5.41) is 8.19. The van der Waals surface area contributed by atoms with Crippen LogP contribution in [0.25, 0.3) is 0 Å². The van der Waals surface area contributed by atoms with Crippen LogP contribution in [-0.2, 0) is 71.9 Å². The molecule has 0 aromatic heterocycles. The lowest BCUT2D eigenvalue weighted by Gasteiger charge is -2.38. The number of ketones is 9. The summed E-state index contributed by atoms with van der Waals surface area (Å²) in [6, 6.07) is -1.79. The number of amides is 6. The van der Waals surface area contributed by atoms with Crippen molar-refractivity contribution in [1.29, 1.82) is 0 Å². The van der Waals surface area contributed by atoms with E-state index in [2.05, 4.69) is 57.5 Å². The Labute approximate surface area is 639 Å². The van der Waals surface area contributed by atoms with E-state index >= 15 is 0 Å². The smallest absolute Gasteiger partial charge is 0.227 e. The number of carbonyl (C=O) groups excluding carboxylic acids is 15. The van der Waals surface area contributed by atoms with Crippen molar-refractivity contribution < 1.29 is 71.9 Å². The summed E-state index contributed by atoms with van der Waals surface area (Å²) in [7, 11) is 3.12. The first-order valence-corrected chi connectivity index (χ1v) is 40.7. The molecule has 21 nitrogen and oxygen atoms in total. The molecule has 600 valence electrons. The molecule has 3 aliphatic heterocycles. The monoisotopic (exact) mass is 1490 g/mol. The van der Waals surface area contributed by atoms with E-state index in [4.69, 9.17) is 0 Å². The number of likely N-dealkylation sites (tertiary alicyclic amines) is 3. The third kappa shape index (κ3) is 20.3. The number of hydrogen-bond donors (Lipinski definition) is 3. The van der Waals surface area contributed by atoms with Crippen LogP contribution in [0.1, 0.15) is 274 Å². The molecule has 9 fully saturated rings. The van der Waals surface area contributed by atoms with Crippen LogP contribution in [0, 0.1) is 121 Å². The van der Waals surface area contributed by atoms with E-state index in [1.54, 1.807) is 42.6 Å². The predicted molar refractivity (Wildman–Crippen MR) is 409 cm³/mol. The van der Waals surface area contributed by atoms with E-state index in [0.717, 1.165) is 57.8 Å². The number of nitrogens with zero attached hydrogens (tertiary/aromatic N) is 3. The molecule has 15 atom stereocenters. The molecule has 107 heavy (non-hydrogen) atoms. The highest BCUT2D eigenvalue weighted by Gasteiger charge is 2.72. The summed E-state index contributed by atoms with van der Waals surface area (Å²) in [6.45, 7) is 42.2. The van der Waals surface area contributed by atoms with Crippen molar-refractivity contribution in [2.45, 2.75) is 297 Å². The van der Waals surface area contributed by atoms with Gasteiger partial charge in [0.1, 0.15) is 0 Å². The summed E-state index contributed by atoms with van der Waals surface area (Å²) >= 11 is 0. The van der Waals surface area contributed by atoms with Gasteiger partial charge in [-0.25, -0.2) is 0 Å². The van der Waals surface area contributed by atoms with Crippen LogP contribution in [0.2, 0.25) is 0 Å².